The summed E-state index contributed by atoms with van der Waals surface area (Å²) in [5.74, 6) is -1.42. The Morgan fingerprint density at radius 2 is 1.95 bits per heavy atom. The van der Waals surface area contributed by atoms with Gasteiger partial charge >= 0.3 is 5.97 Å². The van der Waals surface area contributed by atoms with Crippen LogP contribution in [-0.4, -0.2) is 18.2 Å². The summed E-state index contributed by atoms with van der Waals surface area (Å²) in [4.78, 5) is 12.1. The third-order valence-electron chi connectivity index (χ3n) is 2.99. The molecule has 0 aliphatic heterocycles. The van der Waals surface area contributed by atoms with Gasteiger partial charge in [-0.3, -0.25) is 0 Å². The SMILES string of the molecule is COC(=O)C(O)(c1cccc(F)c1)c1ccccc1Br. The van der Waals surface area contributed by atoms with Gasteiger partial charge in [0.2, 0.25) is 5.60 Å². The second-order valence-corrected chi connectivity index (χ2v) is 5.05. The number of esters is 1. The van der Waals surface area contributed by atoms with E-state index in [0.717, 1.165) is 6.07 Å². The Bertz CT molecular complexity index is 645. The summed E-state index contributed by atoms with van der Waals surface area (Å²) in [7, 11) is 1.17. The molecule has 0 fully saturated rings. The van der Waals surface area contributed by atoms with E-state index in [9.17, 15) is 14.3 Å². The van der Waals surface area contributed by atoms with Gasteiger partial charge in [-0.25, -0.2) is 9.18 Å². The normalized spacial score (nSPS) is 13.6. The first kappa shape index (κ1) is 14.7. The van der Waals surface area contributed by atoms with E-state index in [1.807, 2.05) is 0 Å². The second kappa shape index (κ2) is 5.73. The maximum Gasteiger partial charge on any atom is 0.347 e. The predicted molar refractivity (Wildman–Crippen MR) is 75.6 cm³/mol. The predicted octanol–water partition coefficient (Wildman–Crippen LogP) is 3.00. The Balaban J connectivity index is 2.69. The number of carbonyl (C=O) groups is 1. The number of benzene rings is 2. The van der Waals surface area contributed by atoms with Gasteiger partial charge in [0.1, 0.15) is 5.82 Å². The fourth-order valence-electron chi connectivity index (χ4n) is 2.00. The average molecular weight is 339 g/mol. The Morgan fingerprint density at radius 3 is 2.55 bits per heavy atom. The van der Waals surface area contributed by atoms with E-state index < -0.39 is 17.4 Å². The zero-order valence-electron chi connectivity index (χ0n) is 10.6. The van der Waals surface area contributed by atoms with Crippen LogP contribution in [0.25, 0.3) is 0 Å². The van der Waals surface area contributed by atoms with Crippen molar-refractivity contribution >= 4 is 21.9 Å². The van der Waals surface area contributed by atoms with Crippen molar-refractivity contribution in [2.45, 2.75) is 5.60 Å². The Labute approximate surface area is 124 Å². The molecule has 1 atom stereocenters. The lowest BCUT2D eigenvalue weighted by Gasteiger charge is -2.27. The maximum atomic E-state index is 13.4. The summed E-state index contributed by atoms with van der Waals surface area (Å²) >= 11 is 3.28. The summed E-state index contributed by atoms with van der Waals surface area (Å²) in [5.41, 5.74) is -1.68. The van der Waals surface area contributed by atoms with Crippen LogP contribution in [-0.2, 0) is 15.1 Å². The summed E-state index contributed by atoms with van der Waals surface area (Å²) in [5, 5.41) is 10.9. The lowest BCUT2D eigenvalue weighted by molar-refractivity contribution is -0.159. The van der Waals surface area contributed by atoms with Crippen molar-refractivity contribution in [3.63, 3.8) is 0 Å². The molecule has 0 aliphatic carbocycles. The van der Waals surface area contributed by atoms with Crippen molar-refractivity contribution in [2.24, 2.45) is 0 Å². The topological polar surface area (TPSA) is 46.5 Å². The van der Waals surface area contributed by atoms with E-state index in [1.54, 1.807) is 24.3 Å². The van der Waals surface area contributed by atoms with Crippen molar-refractivity contribution in [3.8, 4) is 0 Å². The zero-order chi connectivity index (χ0) is 14.8. The van der Waals surface area contributed by atoms with Gasteiger partial charge in [0.05, 0.1) is 7.11 Å². The van der Waals surface area contributed by atoms with Gasteiger partial charge in [-0.15, -0.1) is 0 Å². The van der Waals surface area contributed by atoms with Gasteiger partial charge in [0, 0.05) is 15.6 Å². The molecule has 20 heavy (non-hydrogen) atoms. The van der Waals surface area contributed by atoms with Crippen molar-refractivity contribution < 1.29 is 19.0 Å². The lowest BCUT2D eigenvalue weighted by Crippen LogP contribution is -2.38. The first-order chi connectivity index (χ1) is 9.50. The number of methoxy groups -OCH3 is 1. The summed E-state index contributed by atoms with van der Waals surface area (Å²) in [6, 6.07) is 11.9. The van der Waals surface area contributed by atoms with Gasteiger partial charge in [0.15, 0.2) is 0 Å². The first-order valence-electron chi connectivity index (χ1n) is 5.82. The molecule has 0 aliphatic rings. The van der Waals surface area contributed by atoms with Gasteiger partial charge in [0.25, 0.3) is 0 Å². The highest BCUT2D eigenvalue weighted by Gasteiger charge is 2.42. The number of carbonyl (C=O) groups excluding carboxylic acids is 1. The van der Waals surface area contributed by atoms with Crippen molar-refractivity contribution in [1.29, 1.82) is 0 Å². The van der Waals surface area contributed by atoms with Gasteiger partial charge in [-0.1, -0.05) is 46.3 Å². The molecular formula is C15H12BrFO3. The fourth-order valence-corrected chi connectivity index (χ4v) is 2.57. The summed E-state index contributed by atoms with van der Waals surface area (Å²) in [6.45, 7) is 0. The second-order valence-electron chi connectivity index (χ2n) is 4.19. The molecule has 0 radical (unpaired) electrons. The van der Waals surface area contributed by atoms with E-state index in [4.69, 9.17) is 0 Å². The van der Waals surface area contributed by atoms with Gasteiger partial charge < -0.3 is 9.84 Å². The quantitative estimate of drug-likeness (QED) is 0.875. The number of ether oxygens (including phenoxy) is 1. The smallest absolute Gasteiger partial charge is 0.347 e. The molecule has 0 heterocycles. The Hall–Kier alpha value is -1.72. The first-order valence-corrected chi connectivity index (χ1v) is 6.61. The van der Waals surface area contributed by atoms with Gasteiger partial charge in [-0.2, -0.15) is 0 Å². The molecule has 3 nitrogen and oxygen atoms in total. The molecule has 2 aromatic carbocycles. The highest BCUT2D eigenvalue weighted by Crippen LogP contribution is 2.35. The van der Waals surface area contributed by atoms with Crippen LogP contribution in [0.5, 0.6) is 0 Å². The van der Waals surface area contributed by atoms with Crippen LogP contribution in [0.4, 0.5) is 4.39 Å². The lowest BCUT2D eigenvalue weighted by atomic mass is 9.86. The molecule has 1 unspecified atom stereocenters. The number of halogens is 2. The molecule has 5 heteroatoms. The number of aliphatic hydroxyl groups is 1. The van der Waals surface area contributed by atoms with Crippen LogP contribution >= 0.6 is 15.9 Å². The number of rotatable bonds is 3. The van der Waals surface area contributed by atoms with Crippen molar-refractivity contribution in [2.75, 3.05) is 7.11 Å². The summed E-state index contributed by atoms with van der Waals surface area (Å²) < 4.78 is 18.6. The minimum atomic E-state index is -2.07. The van der Waals surface area contributed by atoms with Crippen molar-refractivity contribution in [3.05, 3.63) is 69.9 Å². The molecule has 0 aromatic heterocycles. The maximum absolute atomic E-state index is 13.4. The number of hydrogen-bond donors (Lipinski definition) is 1. The average Bonchev–Trinajstić information content (AvgIpc) is 2.46. The standard InChI is InChI=1S/C15H12BrFO3/c1-20-14(18)15(19,10-5-4-6-11(17)9-10)12-7-2-3-8-13(12)16/h2-9,19H,1H3. The van der Waals surface area contributed by atoms with Crippen LogP contribution in [0.2, 0.25) is 0 Å². The number of hydrogen-bond acceptors (Lipinski definition) is 3. The van der Waals surface area contributed by atoms with Crippen LogP contribution in [0, 0.1) is 5.82 Å². The summed E-state index contributed by atoms with van der Waals surface area (Å²) in [6.07, 6.45) is 0. The molecule has 2 aromatic rings. The van der Waals surface area contributed by atoms with Crippen LogP contribution in [0.3, 0.4) is 0 Å². The molecule has 0 spiro atoms. The third kappa shape index (κ3) is 2.46. The highest BCUT2D eigenvalue weighted by atomic mass is 79.9. The molecule has 2 rings (SSSR count). The minimum Gasteiger partial charge on any atom is -0.466 e. The highest BCUT2D eigenvalue weighted by molar-refractivity contribution is 9.10. The zero-order valence-corrected chi connectivity index (χ0v) is 12.2. The molecule has 0 bridgehead atoms. The van der Waals surface area contributed by atoms with E-state index in [1.165, 1.54) is 25.3 Å². The van der Waals surface area contributed by atoms with E-state index in [2.05, 4.69) is 20.7 Å². The third-order valence-corrected chi connectivity index (χ3v) is 3.68. The van der Waals surface area contributed by atoms with Crippen LogP contribution < -0.4 is 0 Å². The van der Waals surface area contributed by atoms with Crippen molar-refractivity contribution in [1.82, 2.24) is 0 Å². The van der Waals surface area contributed by atoms with Gasteiger partial charge in [-0.05, 0) is 18.2 Å². The monoisotopic (exact) mass is 338 g/mol. The largest absolute Gasteiger partial charge is 0.466 e. The van der Waals surface area contributed by atoms with E-state index >= 15 is 0 Å². The van der Waals surface area contributed by atoms with Crippen LogP contribution in [0.1, 0.15) is 11.1 Å². The molecular weight excluding hydrogens is 327 g/mol. The fraction of sp³-hybridized carbons (Fsp3) is 0.133. The molecule has 104 valence electrons. The van der Waals surface area contributed by atoms with E-state index in [0.29, 0.717) is 4.47 Å². The molecule has 0 amide bonds. The Morgan fingerprint density at radius 1 is 1.25 bits per heavy atom. The molecule has 0 saturated carbocycles. The Kier molecular flexibility index (Phi) is 4.20. The van der Waals surface area contributed by atoms with Crippen LogP contribution in [0.15, 0.2) is 53.0 Å². The van der Waals surface area contributed by atoms with E-state index in [-0.39, 0.29) is 11.1 Å². The molecule has 1 N–H and O–H groups in total. The molecule has 0 saturated heterocycles. The minimum absolute atomic E-state index is 0.108.